The van der Waals surface area contributed by atoms with Gasteiger partial charge in [-0.1, -0.05) is 18.2 Å². The molecule has 128 valence electrons. The van der Waals surface area contributed by atoms with E-state index in [4.69, 9.17) is 0 Å². The van der Waals surface area contributed by atoms with E-state index < -0.39 is 0 Å². The molecule has 0 aliphatic carbocycles. The zero-order chi connectivity index (χ0) is 17.8. The summed E-state index contributed by atoms with van der Waals surface area (Å²) in [5, 5.41) is 0. The van der Waals surface area contributed by atoms with Crippen LogP contribution in [0.5, 0.6) is 0 Å². The number of hydrogen-bond donors (Lipinski definition) is 0. The van der Waals surface area contributed by atoms with Crippen LogP contribution in [0.2, 0.25) is 0 Å². The Morgan fingerprint density at radius 2 is 2.00 bits per heavy atom. The summed E-state index contributed by atoms with van der Waals surface area (Å²) in [6.07, 6.45) is 5.07. The minimum atomic E-state index is -0.292. The predicted octanol–water partition coefficient (Wildman–Crippen LogP) is 3.63. The summed E-state index contributed by atoms with van der Waals surface area (Å²) in [6.45, 7) is 4.36. The number of carbonyl (C=O) groups is 1. The average molecular weight is 338 g/mol. The zero-order valence-corrected chi connectivity index (χ0v) is 14.1. The lowest BCUT2D eigenvalue weighted by atomic mass is 10.1. The highest BCUT2D eigenvalue weighted by Gasteiger charge is 2.22. The van der Waals surface area contributed by atoms with Gasteiger partial charge in [0.15, 0.2) is 0 Å². The van der Waals surface area contributed by atoms with E-state index in [-0.39, 0.29) is 17.8 Å². The molecule has 0 bridgehead atoms. The standard InChI is InChI=1S/C19H19FN4O/c1-3-24(14(2)15-7-9-16(20)10-8-15)19(25)17-5-4-6-18(22-17)23-12-11-21-13-23/h4-14H,3H2,1-2H3. The fourth-order valence-corrected chi connectivity index (χ4v) is 2.74. The quantitative estimate of drug-likeness (QED) is 0.714. The van der Waals surface area contributed by atoms with E-state index in [2.05, 4.69) is 9.97 Å². The number of hydrogen-bond acceptors (Lipinski definition) is 3. The number of carbonyl (C=O) groups excluding carboxylic acids is 1. The average Bonchev–Trinajstić information content (AvgIpc) is 3.17. The van der Waals surface area contributed by atoms with Gasteiger partial charge in [0.2, 0.25) is 0 Å². The fraction of sp³-hybridized carbons (Fsp3) is 0.211. The van der Waals surface area contributed by atoms with E-state index in [9.17, 15) is 9.18 Å². The molecule has 1 aromatic carbocycles. The third-order valence-electron chi connectivity index (χ3n) is 4.14. The minimum absolute atomic E-state index is 0.165. The van der Waals surface area contributed by atoms with Crippen molar-refractivity contribution in [3.05, 3.63) is 78.3 Å². The van der Waals surface area contributed by atoms with Crippen LogP contribution >= 0.6 is 0 Å². The van der Waals surface area contributed by atoms with E-state index >= 15 is 0 Å². The van der Waals surface area contributed by atoms with Gasteiger partial charge in [-0.3, -0.25) is 9.36 Å². The molecular weight excluding hydrogens is 319 g/mol. The molecule has 2 aromatic heterocycles. The second-order valence-corrected chi connectivity index (χ2v) is 5.67. The molecule has 0 radical (unpaired) electrons. The second kappa shape index (κ2) is 7.25. The zero-order valence-electron chi connectivity index (χ0n) is 14.1. The van der Waals surface area contributed by atoms with Gasteiger partial charge in [-0.2, -0.15) is 0 Å². The van der Waals surface area contributed by atoms with Crippen molar-refractivity contribution in [2.75, 3.05) is 6.54 Å². The minimum Gasteiger partial charge on any atom is -0.331 e. The van der Waals surface area contributed by atoms with Crippen LogP contribution in [0.25, 0.3) is 5.82 Å². The molecule has 2 heterocycles. The molecule has 1 amide bonds. The number of amides is 1. The maximum absolute atomic E-state index is 13.1. The van der Waals surface area contributed by atoms with E-state index in [1.165, 1.54) is 12.1 Å². The Hall–Kier alpha value is -3.02. The Labute approximate surface area is 145 Å². The normalized spacial score (nSPS) is 12.0. The lowest BCUT2D eigenvalue weighted by molar-refractivity contribution is 0.0696. The predicted molar refractivity (Wildman–Crippen MR) is 92.9 cm³/mol. The summed E-state index contributed by atoms with van der Waals surface area (Å²) in [6, 6.07) is 11.3. The van der Waals surface area contributed by atoms with Crippen LogP contribution in [-0.4, -0.2) is 31.9 Å². The number of benzene rings is 1. The third kappa shape index (κ3) is 3.57. The van der Waals surface area contributed by atoms with Gasteiger partial charge in [0, 0.05) is 18.9 Å². The molecule has 0 saturated carbocycles. The van der Waals surface area contributed by atoms with Crippen LogP contribution < -0.4 is 0 Å². The van der Waals surface area contributed by atoms with E-state index in [1.54, 1.807) is 52.5 Å². The molecule has 0 spiro atoms. The van der Waals surface area contributed by atoms with Crippen molar-refractivity contribution in [1.82, 2.24) is 19.4 Å². The number of pyridine rings is 1. The summed E-state index contributed by atoms with van der Waals surface area (Å²) in [5.74, 6) is 0.176. The maximum atomic E-state index is 13.1. The van der Waals surface area contributed by atoms with Gasteiger partial charge in [-0.05, 0) is 43.7 Å². The molecule has 3 aromatic rings. The van der Waals surface area contributed by atoms with Gasteiger partial charge < -0.3 is 4.90 Å². The Morgan fingerprint density at radius 1 is 1.24 bits per heavy atom. The van der Waals surface area contributed by atoms with Gasteiger partial charge >= 0.3 is 0 Å². The Kier molecular flexibility index (Phi) is 4.88. The first-order valence-corrected chi connectivity index (χ1v) is 8.12. The van der Waals surface area contributed by atoms with Crippen molar-refractivity contribution in [2.45, 2.75) is 19.9 Å². The fourth-order valence-electron chi connectivity index (χ4n) is 2.74. The van der Waals surface area contributed by atoms with Crippen LogP contribution in [0.1, 0.15) is 35.9 Å². The molecule has 1 unspecified atom stereocenters. The number of imidazole rings is 1. The molecule has 5 nitrogen and oxygen atoms in total. The van der Waals surface area contributed by atoms with Gasteiger partial charge in [0.1, 0.15) is 23.7 Å². The highest BCUT2D eigenvalue weighted by molar-refractivity contribution is 5.92. The molecule has 0 N–H and O–H groups in total. The summed E-state index contributed by atoms with van der Waals surface area (Å²) in [4.78, 5) is 23.1. The number of aromatic nitrogens is 3. The highest BCUT2D eigenvalue weighted by Crippen LogP contribution is 2.22. The summed E-state index contributed by atoms with van der Waals surface area (Å²) in [7, 11) is 0. The lowest BCUT2D eigenvalue weighted by Gasteiger charge is -2.28. The van der Waals surface area contributed by atoms with Crippen molar-refractivity contribution >= 4 is 5.91 Å². The third-order valence-corrected chi connectivity index (χ3v) is 4.14. The molecule has 0 fully saturated rings. The second-order valence-electron chi connectivity index (χ2n) is 5.67. The lowest BCUT2D eigenvalue weighted by Crippen LogP contribution is -2.34. The van der Waals surface area contributed by atoms with Crippen molar-refractivity contribution in [2.24, 2.45) is 0 Å². The Bertz CT molecular complexity index is 846. The van der Waals surface area contributed by atoms with Crippen molar-refractivity contribution in [3.63, 3.8) is 0 Å². The van der Waals surface area contributed by atoms with Crippen LogP contribution in [0, 0.1) is 5.82 Å². The number of nitrogens with zero attached hydrogens (tertiary/aromatic N) is 4. The molecule has 25 heavy (non-hydrogen) atoms. The van der Waals surface area contributed by atoms with E-state index in [0.717, 1.165) is 5.56 Å². The van der Waals surface area contributed by atoms with Crippen LogP contribution in [-0.2, 0) is 0 Å². The maximum Gasteiger partial charge on any atom is 0.273 e. The van der Waals surface area contributed by atoms with Crippen molar-refractivity contribution in [1.29, 1.82) is 0 Å². The molecule has 3 rings (SSSR count). The SMILES string of the molecule is CCN(C(=O)c1cccc(-n2ccnc2)n1)C(C)c1ccc(F)cc1. The van der Waals surface area contributed by atoms with E-state index in [1.807, 2.05) is 19.9 Å². The van der Waals surface area contributed by atoms with Crippen molar-refractivity contribution < 1.29 is 9.18 Å². The highest BCUT2D eigenvalue weighted by atomic mass is 19.1. The molecular formula is C19H19FN4O. The van der Waals surface area contributed by atoms with Crippen LogP contribution in [0.15, 0.2) is 61.2 Å². The molecule has 1 atom stereocenters. The smallest absolute Gasteiger partial charge is 0.273 e. The largest absolute Gasteiger partial charge is 0.331 e. The first-order valence-electron chi connectivity index (χ1n) is 8.12. The molecule has 6 heteroatoms. The Morgan fingerprint density at radius 3 is 2.64 bits per heavy atom. The summed E-state index contributed by atoms with van der Waals surface area (Å²) >= 11 is 0. The Balaban J connectivity index is 1.87. The first-order chi connectivity index (χ1) is 12.1. The molecule has 0 aliphatic rings. The van der Waals surface area contributed by atoms with Crippen molar-refractivity contribution in [3.8, 4) is 5.82 Å². The van der Waals surface area contributed by atoms with E-state index in [0.29, 0.717) is 18.1 Å². The number of halogens is 1. The topological polar surface area (TPSA) is 51.0 Å². The first kappa shape index (κ1) is 16.8. The monoisotopic (exact) mass is 338 g/mol. The molecule has 0 saturated heterocycles. The van der Waals surface area contributed by atoms with Gasteiger partial charge in [-0.25, -0.2) is 14.4 Å². The van der Waals surface area contributed by atoms with Gasteiger partial charge in [0.25, 0.3) is 5.91 Å². The van der Waals surface area contributed by atoms with Crippen LogP contribution in [0.4, 0.5) is 4.39 Å². The molecule has 0 aliphatic heterocycles. The summed E-state index contributed by atoms with van der Waals surface area (Å²) in [5.41, 5.74) is 1.24. The van der Waals surface area contributed by atoms with Gasteiger partial charge in [0.05, 0.1) is 6.04 Å². The summed E-state index contributed by atoms with van der Waals surface area (Å²) < 4.78 is 14.9. The van der Waals surface area contributed by atoms with Crippen LogP contribution in [0.3, 0.4) is 0 Å². The van der Waals surface area contributed by atoms with Gasteiger partial charge in [-0.15, -0.1) is 0 Å². The number of rotatable bonds is 5.